The number of ether oxygens (including phenoxy) is 1. The molecule has 0 bridgehead atoms. The largest absolute Gasteiger partial charge is 0.489 e. The van der Waals surface area contributed by atoms with Crippen molar-refractivity contribution in [1.29, 1.82) is 0 Å². The Balaban J connectivity index is 1.99. The third kappa shape index (κ3) is 4.23. The third-order valence-electron chi connectivity index (χ3n) is 3.13. The molecule has 2 nitrogen and oxygen atoms in total. The van der Waals surface area contributed by atoms with E-state index >= 15 is 0 Å². The van der Waals surface area contributed by atoms with Gasteiger partial charge in [0.2, 0.25) is 0 Å². The monoisotopic (exact) mass is 353 g/mol. The lowest BCUT2D eigenvalue weighted by Crippen LogP contribution is -2.38. The zero-order chi connectivity index (χ0) is 14.5. The fourth-order valence-electron chi connectivity index (χ4n) is 1.93. The Morgan fingerprint density at radius 1 is 1.20 bits per heavy atom. The van der Waals surface area contributed by atoms with Crippen molar-refractivity contribution in [2.75, 3.05) is 0 Å². The zero-order valence-electron chi connectivity index (χ0n) is 11.2. The molecule has 20 heavy (non-hydrogen) atoms. The number of rotatable bonds is 5. The minimum absolute atomic E-state index is 0.0901. The quantitative estimate of drug-likeness (QED) is 0.861. The molecule has 0 aliphatic heterocycles. The Morgan fingerprint density at radius 3 is 2.65 bits per heavy atom. The summed E-state index contributed by atoms with van der Waals surface area (Å²) in [5, 5.41) is 0.661. The van der Waals surface area contributed by atoms with Gasteiger partial charge in [-0.05, 0) is 43.2 Å². The standard InChI is InChI=1S/C16H17BrClNO/c1-11(20-14-7-4-6-13(18)10-14)16(19)9-12-5-2-3-8-15(12)17/h2-8,10-11,16H,9,19H2,1H3. The summed E-state index contributed by atoms with van der Waals surface area (Å²) in [6.45, 7) is 1.97. The van der Waals surface area contributed by atoms with Crippen molar-refractivity contribution < 1.29 is 4.74 Å². The molecular formula is C16H17BrClNO. The van der Waals surface area contributed by atoms with Crippen LogP contribution in [-0.2, 0) is 6.42 Å². The highest BCUT2D eigenvalue weighted by Crippen LogP contribution is 2.21. The van der Waals surface area contributed by atoms with Crippen LogP contribution in [-0.4, -0.2) is 12.1 Å². The van der Waals surface area contributed by atoms with Crippen molar-refractivity contribution in [2.45, 2.75) is 25.5 Å². The van der Waals surface area contributed by atoms with Crippen LogP contribution in [0.1, 0.15) is 12.5 Å². The minimum atomic E-state index is -0.0967. The summed E-state index contributed by atoms with van der Waals surface area (Å²) in [6, 6.07) is 15.4. The van der Waals surface area contributed by atoms with E-state index in [1.807, 2.05) is 43.3 Å². The zero-order valence-corrected chi connectivity index (χ0v) is 13.6. The maximum atomic E-state index is 6.23. The number of nitrogens with two attached hydrogens (primary N) is 1. The SMILES string of the molecule is CC(Oc1cccc(Cl)c1)C(N)Cc1ccccc1Br. The molecule has 0 amide bonds. The van der Waals surface area contributed by atoms with Crippen LogP contribution in [0.4, 0.5) is 0 Å². The van der Waals surface area contributed by atoms with Gasteiger partial charge in [0.1, 0.15) is 11.9 Å². The van der Waals surface area contributed by atoms with Crippen molar-refractivity contribution >= 4 is 27.5 Å². The van der Waals surface area contributed by atoms with Gasteiger partial charge >= 0.3 is 0 Å². The molecule has 0 aromatic heterocycles. The molecule has 0 spiro atoms. The molecule has 4 heteroatoms. The second kappa shape index (κ2) is 7.11. The highest BCUT2D eigenvalue weighted by Gasteiger charge is 2.16. The lowest BCUT2D eigenvalue weighted by molar-refractivity contribution is 0.189. The number of hydrogen-bond donors (Lipinski definition) is 1. The first-order chi connectivity index (χ1) is 9.56. The average Bonchev–Trinajstić information content (AvgIpc) is 2.41. The lowest BCUT2D eigenvalue weighted by atomic mass is 10.0. The van der Waals surface area contributed by atoms with E-state index in [-0.39, 0.29) is 12.1 Å². The Labute approximate surface area is 133 Å². The van der Waals surface area contributed by atoms with Crippen molar-refractivity contribution in [3.8, 4) is 5.75 Å². The van der Waals surface area contributed by atoms with Crippen LogP contribution in [0.25, 0.3) is 0 Å². The second-order valence-electron chi connectivity index (χ2n) is 4.74. The van der Waals surface area contributed by atoms with E-state index in [1.165, 1.54) is 5.56 Å². The predicted molar refractivity (Wildman–Crippen MR) is 87.4 cm³/mol. The van der Waals surface area contributed by atoms with E-state index in [0.717, 1.165) is 16.6 Å². The first-order valence-electron chi connectivity index (χ1n) is 6.47. The average molecular weight is 355 g/mol. The Morgan fingerprint density at radius 2 is 1.95 bits per heavy atom. The van der Waals surface area contributed by atoms with Crippen LogP contribution in [0, 0.1) is 0 Å². The van der Waals surface area contributed by atoms with Crippen LogP contribution in [0.3, 0.4) is 0 Å². The van der Waals surface area contributed by atoms with Crippen LogP contribution in [0.2, 0.25) is 5.02 Å². The molecule has 0 saturated heterocycles. The van der Waals surface area contributed by atoms with Gasteiger partial charge in [0.25, 0.3) is 0 Å². The highest BCUT2D eigenvalue weighted by molar-refractivity contribution is 9.10. The summed E-state index contributed by atoms with van der Waals surface area (Å²) in [5.74, 6) is 0.743. The summed E-state index contributed by atoms with van der Waals surface area (Å²) < 4.78 is 6.92. The topological polar surface area (TPSA) is 35.2 Å². The second-order valence-corrected chi connectivity index (χ2v) is 6.03. The lowest BCUT2D eigenvalue weighted by Gasteiger charge is -2.22. The van der Waals surface area contributed by atoms with Crippen LogP contribution < -0.4 is 10.5 Å². The van der Waals surface area contributed by atoms with E-state index in [0.29, 0.717) is 5.02 Å². The van der Waals surface area contributed by atoms with E-state index in [2.05, 4.69) is 22.0 Å². The van der Waals surface area contributed by atoms with Gasteiger partial charge in [-0.3, -0.25) is 0 Å². The van der Waals surface area contributed by atoms with Gasteiger partial charge in [-0.1, -0.05) is 51.8 Å². The third-order valence-corrected chi connectivity index (χ3v) is 4.14. The van der Waals surface area contributed by atoms with Crippen molar-refractivity contribution in [3.05, 3.63) is 63.6 Å². The van der Waals surface area contributed by atoms with Crippen LogP contribution in [0.5, 0.6) is 5.75 Å². The Kier molecular flexibility index (Phi) is 5.46. The normalized spacial score (nSPS) is 13.8. The summed E-state index contributed by atoms with van der Waals surface area (Å²) >= 11 is 9.48. The number of benzene rings is 2. The molecular weight excluding hydrogens is 338 g/mol. The molecule has 0 aliphatic rings. The molecule has 2 N–H and O–H groups in total. The fraction of sp³-hybridized carbons (Fsp3) is 0.250. The van der Waals surface area contributed by atoms with E-state index in [9.17, 15) is 0 Å². The fourth-order valence-corrected chi connectivity index (χ4v) is 2.55. The first-order valence-corrected chi connectivity index (χ1v) is 7.64. The molecule has 2 aromatic rings. The molecule has 0 aliphatic carbocycles. The molecule has 0 saturated carbocycles. The minimum Gasteiger partial charge on any atom is -0.489 e. The van der Waals surface area contributed by atoms with Crippen molar-refractivity contribution in [3.63, 3.8) is 0 Å². The van der Waals surface area contributed by atoms with Crippen molar-refractivity contribution in [1.82, 2.24) is 0 Å². The predicted octanol–water partition coefficient (Wildman–Crippen LogP) is 4.44. The van der Waals surface area contributed by atoms with Crippen molar-refractivity contribution in [2.24, 2.45) is 5.73 Å². The first kappa shape index (κ1) is 15.4. The van der Waals surface area contributed by atoms with Gasteiger partial charge in [0.15, 0.2) is 0 Å². The summed E-state index contributed by atoms with van der Waals surface area (Å²) in [5.41, 5.74) is 7.41. The van der Waals surface area contributed by atoms with E-state index in [4.69, 9.17) is 22.1 Å². The van der Waals surface area contributed by atoms with Gasteiger partial charge < -0.3 is 10.5 Å². The smallest absolute Gasteiger partial charge is 0.121 e. The summed E-state index contributed by atoms with van der Waals surface area (Å²) in [6.07, 6.45) is 0.656. The van der Waals surface area contributed by atoms with Gasteiger partial charge in [-0.2, -0.15) is 0 Å². The summed E-state index contributed by atoms with van der Waals surface area (Å²) in [7, 11) is 0. The number of halogens is 2. The molecule has 106 valence electrons. The maximum absolute atomic E-state index is 6.23. The van der Waals surface area contributed by atoms with Crippen LogP contribution >= 0.6 is 27.5 Å². The van der Waals surface area contributed by atoms with Gasteiger partial charge in [0, 0.05) is 15.5 Å². The Bertz CT molecular complexity index is 576. The molecule has 2 atom stereocenters. The highest BCUT2D eigenvalue weighted by atomic mass is 79.9. The number of hydrogen-bond acceptors (Lipinski definition) is 2. The molecule has 2 unspecified atom stereocenters. The van der Waals surface area contributed by atoms with Gasteiger partial charge in [-0.15, -0.1) is 0 Å². The van der Waals surface area contributed by atoms with E-state index < -0.39 is 0 Å². The van der Waals surface area contributed by atoms with E-state index in [1.54, 1.807) is 6.07 Å². The molecule has 0 heterocycles. The molecule has 2 rings (SSSR count). The molecule has 0 fully saturated rings. The molecule has 2 aromatic carbocycles. The van der Waals surface area contributed by atoms with Gasteiger partial charge in [0.05, 0.1) is 0 Å². The van der Waals surface area contributed by atoms with Crippen LogP contribution in [0.15, 0.2) is 53.0 Å². The van der Waals surface area contributed by atoms with Gasteiger partial charge in [-0.25, -0.2) is 0 Å². The molecule has 0 radical (unpaired) electrons. The Hall–Kier alpha value is -1.03. The summed E-state index contributed by atoms with van der Waals surface area (Å²) in [4.78, 5) is 0. The maximum Gasteiger partial charge on any atom is 0.121 e.